The molecule has 0 bridgehead atoms. The van der Waals surface area contributed by atoms with E-state index >= 15 is 0 Å². The van der Waals surface area contributed by atoms with Crippen molar-refractivity contribution in [2.45, 2.75) is 38.6 Å². The van der Waals surface area contributed by atoms with Crippen LogP contribution in [0, 0.1) is 0 Å². The minimum absolute atomic E-state index is 0.508. The lowest BCUT2D eigenvalue weighted by molar-refractivity contribution is 0.192. The summed E-state index contributed by atoms with van der Waals surface area (Å²) in [7, 11) is 1.76. The predicted octanol–water partition coefficient (Wildman–Crippen LogP) is 3.68. The Labute approximate surface area is 116 Å². The van der Waals surface area contributed by atoms with Gasteiger partial charge in [-0.3, -0.25) is 0 Å². The quantitative estimate of drug-likeness (QED) is 0.691. The van der Waals surface area contributed by atoms with E-state index < -0.39 is 0 Å². The molecule has 0 aliphatic heterocycles. The molecule has 0 aliphatic rings. The van der Waals surface area contributed by atoms with Gasteiger partial charge < -0.3 is 10.1 Å². The van der Waals surface area contributed by atoms with E-state index in [-0.39, 0.29) is 0 Å². The maximum Gasteiger partial charge on any atom is 0.0462 e. The topological polar surface area (TPSA) is 21.3 Å². The second-order valence-electron chi connectivity index (χ2n) is 4.74. The first-order chi connectivity index (χ1) is 8.72. The fourth-order valence-electron chi connectivity index (χ4n) is 1.94. The Bertz CT molecular complexity index is 313. The van der Waals surface area contributed by atoms with Gasteiger partial charge in [0.1, 0.15) is 0 Å². The molecule has 1 rings (SSSR count). The molecule has 0 heterocycles. The summed E-state index contributed by atoms with van der Waals surface area (Å²) in [5, 5.41) is 4.35. The van der Waals surface area contributed by atoms with Gasteiger partial charge in [-0.15, -0.1) is 0 Å². The highest BCUT2D eigenvalue weighted by molar-refractivity contribution is 6.30. The third-order valence-electron chi connectivity index (χ3n) is 2.97. The van der Waals surface area contributed by atoms with Crippen LogP contribution < -0.4 is 5.32 Å². The number of ether oxygens (including phenoxy) is 1. The zero-order chi connectivity index (χ0) is 13.2. The molecule has 1 unspecified atom stereocenters. The van der Waals surface area contributed by atoms with Crippen LogP contribution >= 0.6 is 11.6 Å². The first-order valence-electron chi connectivity index (χ1n) is 6.69. The fourth-order valence-corrected chi connectivity index (χ4v) is 2.07. The van der Waals surface area contributed by atoms with Crippen LogP contribution in [0.25, 0.3) is 0 Å². The highest BCUT2D eigenvalue weighted by atomic mass is 35.5. The van der Waals surface area contributed by atoms with Gasteiger partial charge in [0.2, 0.25) is 0 Å². The van der Waals surface area contributed by atoms with Gasteiger partial charge in [-0.25, -0.2) is 0 Å². The minimum atomic E-state index is 0.508. The monoisotopic (exact) mass is 269 g/mol. The molecular formula is C15H24ClNO. The van der Waals surface area contributed by atoms with Crippen molar-refractivity contribution in [1.29, 1.82) is 0 Å². The van der Waals surface area contributed by atoms with Crippen molar-refractivity contribution in [3.63, 3.8) is 0 Å². The summed E-state index contributed by atoms with van der Waals surface area (Å²) in [6.45, 7) is 4.18. The van der Waals surface area contributed by atoms with E-state index in [1.54, 1.807) is 7.11 Å². The second kappa shape index (κ2) is 9.37. The van der Waals surface area contributed by atoms with Gasteiger partial charge >= 0.3 is 0 Å². The Kier molecular flexibility index (Phi) is 8.06. The summed E-state index contributed by atoms with van der Waals surface area (Å²) in [5.41, 5.74) is 1.33. The van der Waals surface area contributed by atoms with E-state index in [1.807, 2.05) is 12.1 Å². The Hall–Kier alpha value is -0.570. The molecule has 0 radical (unpaired) electrons. The third kappa shape index (κ3) is 7.00. The molecule has 0 fully saturated rings. The van der Waals surface area contributed by atoms with E-state index in [4.69, 9.17) is 16.3 Å². The number of hydrogen-bond donors (Lipinski definition) is 1. The van der Waals surface area contributed by atoms with Gasteiger partial charge in [-0.1, -0.05) is 23.7 Å². The maximum absolute atomic E-state index is 5.87. The van der Waals surface area contributed by atoms with Crippen LogP contribution in [0.3, 0.4) is 0 Å². The zero-order valence-electron chi connectivity index (χ0n) is 11.4. The molecule has 0 aliphatic carbocycles. The standard InChI is InChI=1S/C15H24ClNO/c1-13(17-10-4-3-5-11-18-2)12-14-6-8-15(16)9-7-14/h6-9,13,17H,3-5,10-12H2,1-2H3. The molecule has 2 nitrogen and oxygen atoms in total. The fraction of sp³-hybridized carbons (Fsp3) is 0.600. The third-order valence-corrected chi connectivity index (χ3v) is 3.23. The molecule has 0 saturated heterocycles. The Morgan fingerprint density at radius 1 is 1.17 bits per heavy atom. The largest absolute Gasteiger partial charge is 0.385 e. The van der Waals surface area contributed by atoms with E-state index in [0.717, 1.165) is 31.0 Å². The molecule has 1 atom stereocenters. The molecular weight excluding hydrogens is 246 g/mol. The highest BCUT2D eigenvalue weighted by Crippen LogP contribution is 2.11. The van der Waals surface area contributed by atoms with Crippen molar-refractivity contribution < 1.29 is 4.74 Å². The van der Waals surface area contributed by atoms with Crippen LogP contribution in [0.5, 0.6) is 0 Å². The zero-order valence-corrected chi connectivity index (χ0v) is 12.2. The van der Waals surface area contributed by atoms with E-state index in [2.05, 4.69) is 24.4 Å². The van der Waals surface area contributed by atoms with Crippen molar-refractivity contribution in [2.75, 3.05) is 20.3 Å². The number of hydrogen-bond acceptors (Lipinski definition) is 2. The normalized spacial score (nSPS) is 12.6. The number of benzene rings is 1. The van der Waals surface area contributed by atoms with Crippen molar-refractivity contribution in [3.05, 3.63) is 34.9 Å². The van der Waals surface area contributed by atoms with Crippen LogP contribution in [-0.2, 0) is 11.2 Å². The van der Waals surface area contributed by atoms with Gasteiger partial charge in [-0.2, -0.15) is 0 Å². The lowest BCUT2D eigenvalue weighted by Crippen LogP contribution is -2.28. The summed E-state index contributed by atoms with van der Waals surface area (Å²) in [4.78, 5) is 0. The van der Waals surface area contributed by atoms with Gasteiger partial charge in [0.25, 0.3) is 0 Å². The minimum Gasteiger partial charge on any atom is -0.385 e. The molecule has 0 saturated carbocycles. The summed E-state index contributed by atoms with van der Waals surface area (Å²) in [6, 6.07) is 8.61. The van der Waals surface area contributed by atoms with Crippen LogP contribution in [0.15, 0.2) is 24.3 Å². The molecule has 1 aromatic rings. The first kappa shape index (κ1) is 15.5. The van der Waals surface area contributed by atoms with E-state index in [9.17, 15) is 0 Å². The van der Waals surface area contributed by atoms with E-state index in [1.165, 1.54) is 18.4 Å². The van der Waals surface area contributed by atoms with Crippen LogP contribution in [0.1, 0.15) is 31.7 Å². The Morgan fingerprint density at radius 3 is 2.56 bits per heavy atom. The Morgan fingerprint density at radius 2 is 1.89 bits per heavy atom. The molecule has 0 aromatic heterocycles. The van der Waals surface area contributed by atoms with Gasteiger partial charge in [-0.05, 0) is 56.8 Å². The first-order valence-corrected chi connectivity index (χ1v) is 7.07. The molecule has 1 N–H and O–H groups in total. The van der Waals surface area contributed by atoms with Crippen LogP contribution in [0.2, 0.25) is 5.02 Å². The van der Waals surface area contributed by atoms with Gasteiger partial charge in [0.05, 0.1) is 0 Å². The molecule has 18 heavy (non-hydrogen) atoms. The average molecular weight is 270 g/mol. The maximum atomic E-state index is 5.87. The lowest BCUT2D eigenvalue weighted by atomic mass is 10.1. The van der Waals surface area contributed by atoms with Crippen molar-refractivity contribution in [2.24, 2.45) is 0 Å². The van der Waals surface area contributed by atoms with Crippen LogP contribution in [0.4, 0.5) is 0 Å². The average Bonchev–Trinajstić information content (AvgIpc) is 2.36. The summed E-state index contributed by atoms with van der Waals surface area (Å²) < 4.78 is 5.03. The number of rotatable bonds is 9. The summed E-state index contributed by atoms with van der Waals surface area (Å²) >= 11 is 5.87. The molecule has 1 aromatic carbocycles. The number of unbranched alkanes of at least 4 members (excludes halogenated alkanes) is 2. The smallest absolute Gasteiger partial charge is 0.0462 e. The summed E-state index contributed by atoms with van der Waals surface area (Å²) in [5.74, 6) is 0. The number of methoxy groups -OCH3 is 1. The van der Waals surface area contributed by atoms with Gasteiger partial charge in [0.15, 0.2) is 0 Å². The molecule has 0 spiro atoms. The number of halogens is 1. The SMILES string of the molecule is COCCCCCNC(C)Cc1ccc(Cl)cc1. The van der Waals surface area contributed by atoms with Gasteiger partial charge in [0, 0.05) is 24.8 Å². The lowest BCUT2D eigenvalue weighted by Gasteiger charge is -2.13. The predicted molar refractivity (Wildman–Crippen MR) is 78.3 cm³/mol. The second-order valence-corrected chi connectivity index (χ2v) is 5.18. The van der Waals surface area contributed by atoms with Crippen molar-refractivity contribution in [3.8, 4) is 0 Å². The highest BCUT2D eigenvalue weighted by Gasteiger charge is 2.02. The number of nitrogens with one attached hydrogen (secondary N) is 1. The molecule has 0 amide bonds. The summed E-state index contributed by atoms with van der Waals surface area (Å²) in [6.07, 6.45) is 4.65. The van der Waals surface area contributed by atoms with Crippen LogP contribution in [-0.4, -0.2) is 26.3 Å². The van der Waals surface area contributed by atoms with Crippen molar-refractivity contribution in [1.82, 2.24) is 5.32 Å². The van der Waals surface area contributed by atoms with E-state index in [0.29, 0.717) is 6.04 Å². The molecule has 3 heteroatoms. The molecule has 102 valence electrons. The van der Waals surface area contributed by atoms with Crippen molar-refractivity contribution >= 4 is 11.6 Å². The Balaban J connectivity index is 2.10.